The Balaban J connectivity index is 1.12. The van der Waals surface area contributed by atoms with Gasteiger partial charge in [0.25, 0.3) is 5.91 Å². The number of benzene rings is 2. The number of halogens is 1. The van der Waals surface area contributed by atoms with Gasteiger partial charge in [-0.25, -0.2) is 9.97 Å². The monoisotopic (exact) mass is 517 g/mol. The van der Waals surface area contributed by atoms with Crippen molar-refractivity contribution in [3.63, 3.8) is 0 Å². The lowest BCUT2D eigenvalue weighted by Crippen LogP contribution is -2.52. The van der Waals surface area contributed by atoms with Crippen molar-refractivity contribution in [1.29, 1.82) is 0 Å². The Morgan fingerprint density at radius 2 is 1.68 bits per heavy atom. The fourth-order valence-electron chi connectivity index (χ4n) is 5.39. The summed E-state index contributed by atoms with van der Waals surface area (Å²) < 4.78 is 6.05. The number of aromatic nitrogens is 2. The van der Waals surface area contributed by atoms with Gasteiger partial charge in [0, 0.05) is 63.0 Å². The molecule has 192 valence electrons. The van der Waals surface area contributed by atoms with E-state index in [0.29, 0.717) is 35.2 Å². The van der Waals surface area contributed by atoms with Gasteiger partial charge in [-0.1, -0.05) is 30.2 Å². The fourth-order valence-corrected chi connectivity index (χ4v) is 5.52. The standard InChI is InChI=1S/C29H32ClN5O2/c30-22-8-10-24(11-9-22)37-27-7-2-1-6-25(27)28(36)34-14-12-21-20-31-29(32-26(21)13-15-34)35-18-16-33(17-19-35)23-4-3-5-23/h1-2,6-11,20,23H,3-5,12-19H2. The molecule has 37 heavy (non-hydrogen) atoms. The summed E-state index contributed by atoms with van der Waals surface area (Å²) in [6.07, 6.45) is 7.52. The first-order valence-corrected chi connectivity index (χ1v) is 13.7. The summed E-state index contributed by atoms with van der Waals surface area (Å²) in [5.41, 5.74) is 2.75. The Hall–Kier alpha value is -3.16. The fraction of sp³-hybridized carbons (Fsp3) is 0.414. The molecule has 1 saturated carbocycles. The van der Waals surface area contributed by atoms with Crippen LogP contribution in [-0.2, 0) is 12.8 Å². The van der Waals surface area contributed by atoms with Crippen LogP contribution in [0.15, 0.2) is 54.7 Å². The number of nitrogens with zero attached hydrogens (tertiary/aromatic N) is 5. The lowest BCUT2D eigenvalue weighted by Gasteiger charge is -2.43. The van der Waals surface area contributed by atoms with Crippen molar-refractivity contribution in [1.82, 2.24) is 19.8 Å². The molecule has 0 atom stereocenters. The zero-order valence-corrected chi connectivity index (χ0v) is 21.7. The smallest absolute Gasteiger partial charge is 0.257 e. The summed E-state index contributed by atoms with van der Waals surface area (Å²) in [7, 11) is 0. The van der Waals surface area contributed by atoms with Crippen molar-refractivity contribution in [2.24, 2.45) is 0 Å². The van der Waals surface area contributed by atoms with Gasteiger partial charge in [0.1, 0.15) is 11.5 Å². The van der Waals surface area contributed by atoms with Crippen LogP contribution in [-0.4, -0.2) is 71.0 Å². The average Bonchev–Trinajstić information content (AvgIpc) is 3.12. The van der Waals surface area contributed by atoms with Crippen molar-refractivity contribution in [3.8, 4) is 11.5 Å². The largest absolute Gasteiger partial charge is 0.457 e. The maximum Gasteiger partial charge on any atom is 0.257 e. The van der Waals surface area contributed by atoms with E-state index in [4.69, 9.17) is 26.3 Å². The number of hydrogen-bond acceptors (Lipinski definition) is 6. The normalized spacial score (nSPS) is 18.6. The summed E-state index contributed by atoms with van der Waals surface area (Å²) in [4.78, 5) is 30.1. The lowest BCUT2D eigenvalue weighted by atomic mass is 9.91. The molecule has 3 aliphatic rings. The van der Waals surface area contributed by atoms with Crippen LogP contribution in [0.1, 0.15) is 40.9 Å². The van der Waals surface area contributed by atoms with E-state index in [0.717, 1.165) is 62.3 Å². The minimum atomic E-state index is -0.0299. The highest BCUT2D eigenvalue weighted by molar-refractivity contribution is 6.30. The van der Waals surface area contributed by atoms with Gasteiger partial charge in [-0.15, -0.1) is 0 Å². The molecule has 0 spiro atoms. The van der Waals surface area contributed by atoms with Crippen molar-refractivity contribution < 1.29 is 9.53 Å². The Kier molecular flexibility index (Phi) is 6.98. The molecule has 7 nitrogen and oxygen atoms in total. The number of carbonyl (C=O) groups excluding carboxylic acids is 1. The average molecular weight is 518 g/mol. The summed E-state index contributed by atoms with van der Waals surface area (Å²) in [5, 5.41) is 0.642. The SMILES string of the molecule is O=C(c1ccccc1Oc1ccc(Cl)cc1)N1CCc2cnc(N3CCN(C4CCC4)CC3)nc2CC1. The van der Waals surface area contributed by atoms with E-state index in [2.05, 4.69) is 9.80 Å². The van der Waals surface area contributed by atoms with E-state index in [1.54, 1.807) is 24.3 Å². The molecule has 3 aromatic rings. The number of para-hydroxylation sites is 1. The van der Waals surface area contributed by atoms with Gasteiger partial charge < -0.3 is 14.5 Å². The predicted molar refractivity (Wildman–Crippen MR) is 145 cm³/mol. The Bertz CT molecular complexity index is 1260. The van der Waals surface area contributed by atoms with Crippen LogP contribution < -0.4 is 9.64 Å². The van der Waals surface area contributed by atoms with Crippen molar-refractivity contribution in [2.75, 3.05) is 44.2 Å². The molecule has 0 N–H and O–H groups in total. The highest BCUT2D eigenvalue weighted by Gasteiger charge is 2.29. The second-order valence-corrected chi connectivity index (χ2v) is 10.5. The van der Waals surface area contributed by atoms with E-state index in [1.165, 1.54) is 19.3 Å². The third-order valence-electron chi connectivity index (χ3n) is 7.85. The molecule has 6 rings (SSSR count). The van der Waals surface area contributed by atoms with Gasteiger partial charge in [-0.2, -0.15) is 0 Å². The maximum atomic E-state index is 13.6. The molecule has 1 amide bonds. The third-order valence-corrected chi connectivity index (χ3v) is 8.10. The van der Waals surface area contributed by atoms with E-state index in [1.807, 2.05) is 35.4 Å². The van der Waals surface area contributed by atoms with E-state index >= 15 is 0 Å². The number of fused-ring (bicyclic) bond motifs is 1. The van der Waals surface area contributed by atoms with Crippen LogP contribution in [0.2, 0.25) is 5.02 Å². The van der Waals surface area contributed by atoms with Gasteiger partial charge in [0.2, 0.25) is 5.95 Å². The summed E-state index contributed by atoms with van der Waals surface area (Å²) >= 11 is 6.00. The first-order valence-electron chi connectivity index (χ1n) is 13.3. The van der Waals surface area contributed by atoms with Crippen LogP contribution in [0.3, 0.4) is 0 Å². The van der Waals surface area contributed by atoms with Gasteiger partial charge in [0.05, 0.1) is 11.3 Å². The minimum Gasteiger partial charge on any atom is -0.457 e. The summed E-state index contributed by atoms with van der Waals surface area (Å²) in [6.45, 7) is 5.38. The summed E-state index contributed by atoms with van der Waals surface area (Å²) in [5.74, 6) is 1.98. The van der Waals surface area contributed by atoms with Crippen molar-refractivity contribution >= 4 is 23.5 Å². The highest BCUT2D eigenvalue weighted by atomic mass is 35.5. The first-order chi connectivity index (χ1) is 18.1. The molecule has 0 unspecified atom stereocenters. The predicted octanol–water partition coefficient (Wildman–Crippen LogP) is 4.84. The van der Waals surface area contributed by atoms with E-state index < -0.39 is 0 Å². The molecule has 2 fully saturated rings. The van der Waals surface area contributed by atoms with Crippen LogP contribution in [0, 0.1) is 0 Å². The number of amides is 1. The molecule has 3 heterocycles. The zero-order chi connectivity index (χ0) is 25.2. The number of rotatable bonds is 5. The Morgan fingerprint density at radius 3 is 2.43 bits per heavy atom. The van der Waals surface area contributed by atoms with Crippen LogP contribution in [0.25, 0.3) is 0 Å². The lowest BCUT2D eigenvalue weighted by molar-refractivity contribution is 0.0760. The first kappa shape index (κ1) is 24.2. The van der Waals surface area contributed by atoms with Crippen LogP contribution in [0.5, 0.6) is 11.5 Å². The second kappa shape index (κ2) is 10.7. The quantitative estimate of drug-likeness (QED) is 0.482. The number of anilines is 1. The molecular formula is C29H32ClN5O2. The molecule has 0 radical (unpaired) electrons. The van der Waals surface area contributed by atoms with E-state index in [9.17, 15) is 4.79 Å². The number of piperazine rings is 1. The molecule has 2 aromatic carbocycles. The van der Waals surface area contributed by atoms with E-state index in [-0.39, 0.29) is 5.91 Å². The zero-order valence-electron chi connectivity index (χ0n) is 21.0. The third kappa shape index (κ3) is 5.29. The Morgan fingerprint density at radius 1 is 0.919 bits per heavy atom. The van der Waals surface area contributed by atoms with Crippen LogP contribution >= 0.6 is 11.6 Å². The number of hydrogen-bond donors (Lipinski definition) is 0. The molecule has 8 heteroatoms. The Labute approximate surface area is 223 Å². The van der Waals surface area contributed by atoms with Gasteiger partial charge in [-0.05, 0) is 61.2 Å². The van der Waals surface area contributed by atoms with Gasteiger partial charge in [0.15, 0.2) is 0 Å². The number of ether oxygens (including phenoxy) is 1. The topological polar surface area (TPSA) is 61.8 Å². The summed E-state index contributed by atoms with van der Waals surface area (Å²) in [6, 6.07) is 15.4. The van der Waals surface area contributed by atoms with Gasteiger partial charge in [-0.3, -0.25) is 9.69 Å². The maximum absolute atomic E-state index is 13.6. The molecular weight excluding hydrogens is 486 g/mol. The van der Waals surface area contributed by atoms with Crippen molar-refractivity contribution in [2.45, 2.75) is 38.1 Å². The molecule has 1 saturated heterocycles. The van der Waals surface area contributed by atoms with Crippen LogP contribution in [0.4, 0.5) is 5.95 Å². The molecule has 0 bridgehead atoms. The number of carbonyl (C=O) groups is 1. The van der Waals surface area contributed by atoms with Gasteiger partial charge >= 0.3 is 0 Å². The minimum absolute atomic E-state index is 0.0299. The molecule has 2 aliphatic heterocycles. The molecule has 1 aliphatic carbocycles. The van der Waals surface area contributed by atoms with Crippen molar-refractivity contribution in [3.05, 3.63) is 76.6 Å². The highest BCUT2D eigenvalue weighted by Crippen LogP contribution is 2.29. The molecule has 1 aromatic heterocycles. The second-order valence-electron chi connectivity index (χ2n) is 10.1.